The van der Waals surface area contributed by atoms with Crippen LogP contribution >= 0.6 is 15.9 Å². The fourth-order valence-corrected chi connectivity index (χ4v) is 2.20. The van der Waals surface area contributed by atoms with Gasteiger partial charge in [0.05, 0.1) is 5.56 Å². The zero-order valence-corrected chi connectivity index (χ0v) is 11.6. The summed E-state index contributed by atoms with van der Waals surface area (Å²) < 4.78 is 0.870. The SMILES string of the molecule is CCC(C)N(CC)c1ccc(C#N)c(Br)c1. The molecule has 1 aromatic rings. The summed E-state index contributed by atoms with van der Waals surface area (Å²) in [5.74, 6) is 0. The van der Waals surface area contributed by atoms with Crippen LogP contribution in [0.1, 0.15) is 32.8 Å². The van der Waals surface area contributed by atoms with Crippen LogP contribution in [0.2, 0.25) is 0 Å². The molecule has 1 rings (SSSR count). The molecule has 2 nitrogen and oxygen atoms in total. The molecule has 0 heterocycles. The molecule has 0 N–H and O–H groups in total. The summed E-state index contributed by atoms with van der Waals surface area (Å²) in [6.45, 7) is 7.53. The molecule has 0 saturated carbocycles. The molecule has 0 aliphatic heterocycles. The lowest BCUT2D eigenvalue weighted by Crippen LogP contribution is -2.32. The Kier molecular flexibility index (Phi) is 4.82. The fraction of sp³-hybridized carbons (Fsp3) is 0.462. The average Bonchev–Trinajstić information content (AvgIpc) is 2.30. The van der Waals surface area contributed by atoms with Crippen molar-refractivity contribution < 1.29 is 0 Å². The van der Waals surface area contributed by atoms with Crippen LogP contribution in [-0.4, -0.2) is 12.6 Å². The molecule has 0 amide bonds. The van der Waals surface area contributed by atoms with Gasteiger partial charge in [-0.05, 0) is 54.4 Å². The molecule has 0 spiro atoms. The van der Waals surface area contributed by atoms with E-state index in [1.54, 1.807) is 0 Å². The molecule has 1 atom stereocenters. The van der Waals surface area contributed by atoms with Crippen molar-refractivity contribution in [1.29, 1.82) is 5.26 Å². The Bertz CT molecular complexity index is 395. The Hall–Kier alpha value is -1.01. The van der Waals surface area contributed by atoms with Crippen LogP contribution in [0.25, 0.3) is 0 Å². The highest BCUT2D eigenvalue weighted by Crippen LogP contribution is 2.25. The standard InChI is InChI=1S/C13H17BrN2/c1-4-10(3)16(5-2)12-7-6-11(9-15)13(14)8-12/h6-8,10H,4-5H2,1-3H3. The number of halogens is 1. The maximum atomic E-state index is 8.87. The lowest BCUT2D eigenvalue weighted by atomic mass is 10.1. The summed E-state index contributed by atoms with van der Waals surface area (Å²) in [4.78, 5) is 2.34. The first-order valence-electron chi connectivity index (χ1n) is 5.60. The van der Waals surface area contributed by atoms with E-state index in [1.165, 1.54) is 5.69 Å². The van der Waals surface area contributed by atoms with Gasteiger partial charge in [0, 0.05) is 22.7 Å². The van der Waals surface area contributed by atoms with Gasteiger partial charge in [-0.3, -0.25) is 0 Å². The van der Waals surface area contributed by atoms with Crippen molar-refractivity contribution in [2.45, 2.75) is 33.2 Å². The van der Waals surface area contributed by atoms with Crippen LogP contribution in [-0.2, 0) is 0 Å². The number of nitriles is 1. The van der Waals surface area contributed by atoms with Crippen molar-refractivity contribution >= 4 is 21.6 Å². The Labute approximate surface area is 106 Å². The molecule has 0 aliphatic rings. The largest absolute Gasteiger partial charge is 0.369 e. The van der Waals surface area contributed by atoms with E-state index in [2.05, 4.69) is 47.7 Å². The van der Waals surface area contributed by atoms with Gasteiger partial charge in [0.25, 0.3) is 0 Å². The molecule has 0 aromatic heterocycles. The number of rotatable bonds is 4. The Balaban J connectivity index is 3.04. The smallest absolute Gasteiger partial charge is 0.100 e. The maximum absolute atomic E-state index is 8.87. The summed E-state index contributed by atoms with van der Waals surface area (Å²) in [5.41, 5.74) is 1.85. The molecular formula is C13H17BrN2. The van der Waals surface area contributed by atoms with Gasteiger partial charge in [0.1, 0.15) is 6.07 Å². The van der Waals surface area contributed by atoms with Crippen molar-refractivity contribution in [1.82, 2.24) is 0 Å². The van der Waals surface area contributed by atoms with Crippen molar-refractivity contribution in [2.75, 3.05) is 11.4 Å². The van der Waals surface area contributed by atoms with E-state index in [-0.39, 0.29) is 0 Å². The molecule has 0 radical (unpaired) electrons. The lowest BCUT2D eigenvalue weighted by molar-refractivity contribution is 0.630. The molecule has 0 saturated heterocycles. The second-order valence-corrected chi connectivity index (χ2v) is 4.67. The molecule has 1 unspecified atom stereocenters. The topological polar surface area (TPSA) is 27.0 Å². The van der Waals surface area contributed by atoms with Gasteiger partial charge in [0.15, 0.2) is 0 Å². The quantitative estimate of drug-likeness (QED) is 0.835. The molecule has 3 heteroatoms. The van der Waals surface area contributed by atoms with E-state index >= 15 is 0 Å². The molecule has 0 aliphatic carbocycles. The monoisotopic (exact) mass is 280 g/mol. The third-order valence-electron chi connectivity index (χ3n) is 2.87. The lowest BCUT2D eigenvalue weighted by Gasteiger charge is -2.29. The minimum absolute atomic E-state index is 0.518. The first-order valence-corrected chi connectivity index (χ1v) is 6.39. The van der Waals surface area contributed by atoms with Gasteiger partial charge in [-0.1, -0.05) is 6.92 Å². The summed E-state index contributed by atoms with van der Waals surface area (Å²) >= 11 is 3.43. The Morgan fingerprint density at radius 3 is 2.56 bits per heavy atom. The second kappa shape index (κ2) is 5.91. The van der Waals surface area contributed by atoms with E-state index in [4.69, 9.17) is 5.26 Å². The molecule has 16 heavy (non-hydrogen) atoms. The average molecular weight is 281 g/mol. The van der Waals surface area contributed by atoms with E-state index in [0.29, 0.717) is 11.6 Å². The van der Waals surface area contributed by atoms with Crippen LogP contribution < -0.4 is 4.90 Å². The van der Waals surface area contributed by atoms with Crippen LogP contribution in [0.3, 0.4) is 0 Å². The van der Waals surface area contributed by atoms with Gasteiger partial charge < -0.3 is 4.90 Å². The number of anilines is 1. The number of benzene rings is 1. The van der Waals surface area contributed by atoms with Crippen LogP contribution in [0.15, 0.2) is 22.7 Å². The predicted molar refractivity (Wildman–Crippen MR) is 71.6 cm³/mol. The first kappa shape index (κ1) is 13.1. The highest BCUT2D eigenvalue weighted by Gasteiger charge is 2.12. The third kappa shape index (κ3) is 2.76. The number of nitrogens with zero attached hydrogens (tertiary/aromatic N) is 2. The van der Waals surface area contributed by atoms with Crippen molar-refractivity contribution in [2.24, 2.45) is 0 Å². The van der Waals surface area contributed by atoms with Crippen LogP contribution in [0, 0.1) is 11.3 Å². The van der Waals surface area contributed by atoms with E-state index in [1.807, 2.05) is 18.2 Å². The molecule has 86 valence electrons. The minimum Gasteiger partial charge on any atom is -0.369 e. The third-order valence-corrected chi connectivity index (χ3v) is 3.52. The summed E-state index contributed by atoms with van der Waals surface area (Å²) in [6, 6.07) is 8.58. The molecule has 0 fully saturated rings. The predicted octanol–water partition coefficient (Wildman–Crippen LogP) is 3.95. The van der Waals surface area contributed by atoms with Crippen molar-refractivity contribution in [3.63, 3.8) is 0 Å². The second-order valence-electron chi connectivity index (χ2n) is 3.82. The highest BCUT2D eigenvalue weighted by molar-refractivity contribution is 9.10. The normalized spacial score (nSPS) is 11.9. The number of hydrogen-bond donors (Lipinski definition) is 0. The molecule has 0 bridgehead atoms. The highest BCUT2D eigenvalue weighted by atomic mass is 79.9. The maximum Gasteiger partial charge on any atom is 0.100 e. The Morgan fingerprint density at radius 1 is 1.44 bits per heavy atom. The summed E-state index contributed by atoms with van der Waals surface area (Å²) in [6.07, 6.45) is 1.12. The van der Waals surface area contributed by atoms with Gasteiger partial charge in [-0.25, -0.2) is 0 Å². The van der Waals surface area contributed by atoms with Gasteiger partial charge in [-0.2, -0.15) is 5.26 Å². The van der Waals surface area contributed by atoms with Gasteiger partial charge in [0.2, 0.25) is 0 Å². The summed E-state index contributed by atoms with van der Waals surface area (Å²) in [7, 11) is 0. The molecule has 1 aromatic carbocycles. The van der Waals surface area contributed by atoms with E-state index < -0.39 is 0 Å². The summed E-state index contributed by atoms with van der Waals surface area (Å²) in [5, 5.41) is 8.87. The zero-order valence-electron chi connectivity index (χ0n) is 10.00. The van der Waals surface area contributed by atoms with Crippen LogP contribution in [0.4, 0.5) is 5.69 Å². The molecular weight excluding hydrogens is 264 g/mol. The Morgan fingerprint density at radius 2 is 2.12 bits per heavy atom. The fourth-order valence-electron chi connectivity index (χ4n) is 1.74. The van der Waals surface area contributed by atoms with Gasteiger partial charge in [-0.15, -0.1) is 0 Å². The van der Waals surface area contributed by atoms with Crippen molar-refractivity contribution in [3.05, 3.63) is 28.2 Å². The van der Waals surface area contributed by atoms with Crippen LogP contribution in [0.5, 0.6) is 0 Å². The van der Waals surface area contributed by atoms with E-state index in [9.17, 15) is 0 Å². The van der Waals surface area contributed by atoms with Gasteiger partial charge >= 0.3 is 0 Å². The zero-order chi connectivity index (χ0) is 12.1. The minimum atomic E-state index is 0.518. The van der Waals surface area contributed by atoms with E-state index in [0.717, 1.165) is 17.4 Å². The first-order chi connectivity index (χ1) is 7.63. The van der Waals surface area contributed by atoms with Crippen molar-refractivity contribution in [3.8, 4) is 6.07 Å². The number of hydrogen-bond acceptors (Lipinski definition) is 2.